The summed E-state index contributed by atoms with van der Waals surface area (Å²) in [6, 6.07) is 33.0. The topological polar surface area (TPSA) is 52.6 Å². The van der Waals surface area contributed by atoms with Gasteiger partial charge >= 0.3 is 11.9 Å². The Morgan fingerprint density at radius 3 is 0.947 bits per heavy atom. The van der Waals surface area contributed by atoms with Gasteiger partial charge in [0.05, 0.1) is 13.2 Å². The SMILES string of the molecule is CCOC(=O)C1c2ccccc2C(C2c3ccccc3C(C(=O)OCC)c3ccccc32)c2ccccc21. The van der Waals surface area contributed by atoms with Crippen molar-refractivity contribution in [2.24, 2.45) is 0 Å². The first-order valence-corrected chi connectivity index (χ1v) is 13.3. The van der Waals surface area contributed by atoms with Gasteiger partial charge in [-0.2, -0.15) is 0 Å². The lowest BCUT2D eigenvalue weighted by Crippen LogP contribution is -2.32. The molecule has 0 aromatic heterocycles. The number of benzene rings is 4. The largest absolute Gasteiger partial charge is 0.465 e. The van der Waals surface area contributed by atoms with E-state index in [1.165, 1.54) is 0 Å². The van der Waals surface area contributed by atoms with Gasteiger partial charge in [-0.3, -0.25) is 9.59 Å². The number of esters is 2. The van der Waals surface area contributed by atoms with Crippen molar-refractivity contribution in [2.45, 2.75) is 37.5 Å². The second-order valence-electron chi connectivity index (χ2n) is 9.84. The minimum atomic E-state index is -0.472. The standard InChI is InChI=1S/C34H30O4/c1-3-37-33(35)31-25-17-9-5-13-21(25)29(22-14-6-10-18-26(22)31)30-23-15-7-11-19-27(23)32(34(36)38-4-2)28-20-12-8-16-24(28)30/h5-20,29-32H,3-4H2,1-2H3. The van der Waals surface area contributed by atoms with E-state index in [-0.39, 0.29) is 23.8 Å². The van der Waals surface area contributed by atoms with Crippen molar-refractivity contribution in [2.75, 3.05) is 13.2 Å². The first-order chi connectivity index (χ1) is 18.7. The van der Waals surface area contributed by atoms with Crippen molar-refractivity contribution in [3.8, 4) is 0 Å². The Morgan fingerprint density at radius 1 is 0.474 bits per heavy atom. The molecular formula is C34H30O4. The number of ether oxygens (including phenoxy) is 2. The molecule has 0 saturated carbocycles. The van der Waals surface area contributed by atoms with Crippen LogP contribution in [0.2, 0.25) is 0 Å². The van der Waals surface area contributed by atoms with E-state index in [1.807, 2.05) is 62.4 Å². The van der Waals surface area contributed by atoms with Crippen molar-refractivity contribution in [1.29, 1.82) is 0 Å². The van der Waals surface area contributed by atoms with E-state index in [2.05, 4.69) is 48.5 Å². The normalized spacial score (nSPS) is 20.8. The van der Waals surface area contributed by atoms with Crippen molar-refractivity contribution < 1.29 is 19.1 Å². The van der Waals surface area contributed by atoms with E-state index in [0.717, 1.165) is 44.5 Å². The molecule has 0 aliphatic heterocycles. The molecule has 38 heavy (non-hydrogen) atoms. The monoisotopic (exact) mass is 502 g/mol. The van der Waals surface area contributed by atoms with Gasteiger partial charge in [0.25, 0.3) is 0 Å². The summed E-state index contributed by atoms with van der Waals surface area (Å²) in [5, 5.41) is 0. The summed E-state index contributed by atoms with van der Waals surface area (Å²) in [6.45, 7) is 4.36. The summed E-state index contributed by atoms with van der Waals surface area (Å²) in [7, 11) is 0. The van der Waals surface area contributed by atoms with Crippen molar-refractivity contribution >= 4 is 11.9 Å². The molecule has 0 unspecified atom stereocenters. The second-order valence-corrected chi connectivity index (χ2v) is 9.84. The maximum absolute atomic E-state index is 13.3. The van der Waals surface area contributed by atoms with E-state index >= 15 is 0 Å². The first-order valence-electron chi connectivity index (χ1n) is 13.3. The molecule has 0 bridgehead atoms. The van der Waals surface area contributed by atoms with Crippen molar-refractivity contribution in [3.63, 3.8) is 0 Å². The van der Waals surface area contributed by atoms with Gasteiger partial charge in [-0.25, -0.2) is 0 Å². The number of carbonyl (C=O) groups is 2. The molecule has 2 aliphatic carbocycles. The predicted octanol–water partition coefficient (Wildman–Crippen LogP) is 6.67. The fourth-order valence-electron chi connectivity index (χ4n) is 6.58. The third-order valence-corrected chi connectivity index (χ3v) is 7.95. The van der Waals surface area contributed by atoms with Crippen LogP contribution in [-0.4, -0.2) is 25.2 Å². The van der Waals surface area contributed by atoms with Crippen LogP contribution in [0.5, 0.6) is 0 Å². The zero-order valence-electron chi connectivity index (χ0n) is 21.6. The van der Waals surface area contributed by atoms with Crippen LogP contribution in [0.25, 0.3) is 0 Å². The molecule has 0 N–H and O–H groups in total. The molecule has 6 rings (SSSR count). The molecule has 0 heterocycles. The lowest BCUT2D eigenvalue weighted by Gasteiger charge is -2.42. The Kier molecular flexibility index (Phi) is 6.32. The van der Waals surface area contributed by atoms with Crippen LogP contribution in [-0.2, 0) is 19.1 Å². The summed E-state index contributed by atoms with van der Waals surface area (Å²) in [4.78, 5) is 26.6. The van der Waals surface area contributed by atoms with Gasteiger partial charge in [-0.1, -0.05) is 97.1 Å². The highest BCUT2D eigenvalue weighted by molar-refractivity contribution is 5.87. The van der Waals surface area contributed by atoms with E-state index in [9.17, 15) is 9.59 Å². The molecule has 0 amide bonds. The van der Waals surface area contributed by atoms with Gasteiger partial charge in [0.15, 0.2) is 0 Å². The third-order valence-electron chi connectivity index (χ3n) is 7.95. The van der Waals surface area contributed by atoms with Gasteiger partial charge in [0, 0.05) is 11.8 Å². The van der Waals surface area contributed by atoms with Crippen LogP contribution in [0.1, 0.15) is 82.0 Å². The molecule has 4 nitrogen and oxygen atoms in total. The number of hydrogen-bond donors (Lipinski definition) is 0. The second kappa shape index (κ2) is 9.94. The van der Waals surface area contributed by atoms with Gasteiger partial charge in [0.1, 0.15) is 11.8 Å². The summed E-state index contributed by atoms with van der Waals surface area (Å²) in [6.07, 6.45) is 0. The highest BCUT2D eigenvalue weighted by atomic mass is 16.5. The summed E-state index contributed by atoms with van der Waals surface area (Å²) in [5.74, 6) is -1.48. The van der Waals surface area contributed by atoms with E-state index in [4.69, 9.17) is 9.47 Å². The van der Waals surface area contributed by atoms with Crippen LogP contribution >= 0.6 is 0 Å². The van der Waals surface area contributed by atoms with Gasteiger partial charge < -0.3 is 9.47 Å². The van der Waals surface area contributed by atoms with E-state index in [1.54, 1.807) is 0 Å². The smallest absolute Gasteiger partial charge is 0.317 e. The van der Waals surface area contributed by atoms with Crippen LogP contribution in [0.3, 0.4) is 0 Å². The van der Waals surface area contributed by atoms with Crippen LogP contribution in [0.15, 0.2) is 97.1 Å². The highest BCUT2D eigenvalue weighted by Gasteiger charge is 2.45. The molecule has 4 aromatic rings. The lowest BCUT2D eigenvalue weighted by molar-refractivity contribution is -0.144. The quantitative estimate of drug-likeness (QED) is 0.286. The molecule has 4 aromatic carbocycles. The van der Waals surface area contributed by atoms with Crippen molar-refractivity contribution in [1.82, 2.24) is 0 Å². The number of fused-ring (bicyclic) bond motifs is 4. The average molecular weight is 503 g/mol. The number of carbonyl (C=O) groups excluding carboxylic acids is 2. The van der Waals surface area contributed by atoms with Crippen LogP contribution < -0.4 is 0 Å². The van der Waals surface area contributed by atoms with Gasteiger partial charge in [0.2, 0.25) is 0 Å². The summed E-state index contributed by atoms with van der Waals surface area (Å²) < 4.78 is 11.1. The highest BCUT2D eigenvalue weighted by Crippen LogP contribution is 2.55. The molecule has 190 valence electrons. The molecule has 2 aliphatic rings. The molecule has 0 spiro atoms. The zero-order valence-corrected chi connectivity index (χ0v) is 21.6. The summed E-state index contributed by atoms with van der Waals surface area (Å²) >= 11 is 0. The lowest BCUT2D eigenvalue weighted by atomic mass is 9.61. The molecule has 0 saturated heterocycles. The Balaban J connectivity index is 1.61. The Labute approximate surface area is 223 Å². The third kappa shape index (κ3) is 3.75. The van der Waals surface area contributed by atoms with E-state index < -0.39 is 11.8 Å². The minimum absolute atomic E-state index is 0.0430. The minimum Gasteiger partial charge on any atom is -0.465 e. The molecule has 4 heteroatoms. The number of hydrogen-bond acceptors (Lipinski definition) is 4. The Bertz CT molecular complexity index is 1310. The van der Waals surface area contributed by atoms with E-state index in [0.29, 0.717) is 13.2 Å². The fraction of sp³-hybridized carbons (Fsp3) is 0.235. The Hall–Kier alpha value is -4.18. The fourth-order valence-corrected chi connectivity index (χ4v) is 6.58. The zero-order chi connectivity index (χ0) is 26.2. The molecule has 0 atom stereocenters. The molecule has 0 radical (unpaired) electrons. The van der Waals surface area contributed by atoms with Gasteiger partial charge in [-0.05, 0) is 58.4 Å². The molecular weight excluding hydrogens is 472 g/mol. The van der Waals surface area contributed by atoms with Crippen LogP contribution in [0.4, 0.5) is 0 Å². The maximum atomic E-state index is 13.3. The van der Waals surface area contributed by atoms with Gasteiger partial charge in [-0.15, -0.1) is 0 Å². The molecule has 0 fully saturated rings. The van der Waals surface area contributed by atoms with Crippen molar-refractivity contribution in [3.05, 3.63) is 142 Å². The Morgan fingerprint density at radius 2 is 0.711 bits per heavy atom. The average Bonchev–Trinajstić information content (AvgIpc) is 2.95. The predicted molar refractivity (Wildman–Crippen MR) is 146 cm³/mol. The maximum Gasteiger partial charge on any atom is 0.317 e. The van der Waals surface area contributed by atoms with Crippen LogP contribution in [0, 0.1) is 0 Å². The first kappa shape index (κ1) is 24.2. The summed E-state index contributed by atoms with van der Waals surface area (Å²) in [5.41, 5.74) is 8.41. The number of rotatable bonds is 5.